The van der Waals surface area contributed by atoms with E-state index in [2.05, 4.69) is 0 Å². The van der Waals surface area contributed by atoms with Gasteiger partial charge in [-0.05, 0) is 20.8 Å². The zero-order valence-electron chi connectivity index (χ0n) is 7.29. The van der Waals surface area contributed by atoms with E-state index in [0.29, 0.717) is 6.29 Å². The van der Waals surface area contributed by atoms with Crippen molar-refractivity contribution < 1.29 is 4.79 Å². The van der Waals surface area contributed by atoms with Gasteiger partial charge in [-0.3, -0.25) is 0 Å². The molecule has 4 N–H and O–H groups in total. The molecule has 0 aromatic carbocycles. The molecular weight excluding hydrogens is 140 g/mol. The van der Waals surface area contributed by atoms with Gasteiger partial charge in [-0.25, -0.2) is 0 Å². The summed E-state index contributed by atoms with van der Waals surface area (Å²) in [6, 6.07) is -0.516. The molecule has 0 aliphatic heterocycles. The Hall–Kier alpha value is -0.670. The Morgan fingerprint density at radius 2 is 2.00 bits per heavy atom. The summed E-state index contributed by atoms with van der Waals surface area (Å²) in [5.41, 5.74) is 11.5. The van der Waals surface area contributed by atoms with Crippen LogP contribution in [0.15, 0.2) is 11.6 Å². The van der Waals surface area contributed by atoms with Gasteiger partial charge in [-0.1, -0.05) is 11.6 Å². The standard InChI is InChI=1S/C8H16N2O/c1-6(7(9)5-11)4-8(2,3)10/h4-5,7H,9-10H2,1-3H3. The zero-order chi connectivity index (χ0) is 9.07. The van der Waals surface area contributed by atoms with Crippen LogP contribution < -0.4 is 11.5 Å². The molecule has 1 unspecified atom stereocenters. The summed E-state index contributed by atoms with van der Waals surface area (Å²) in [6.45, 7) is 5.51. The molecule has 0 bridgehead atoms. The SMILES string of the molecule is CC(=CC(C)(C)N)C(N)C=O. The minimum absolute atomic E-state index is 0.398. The van der Waals surface area contributed by atoms with Crippen molar-refractivity contribution in [1.29, 1.82) is 0 Å². The molecule has 0 spiro atoms. The van der Waals surface area contributed by atoms with Gasteiger partial charge in [-0.2, -0.15) is 0 Å². The van der Waals surface area contributed by atoms with Gasteiger partial charge in [0, 0.05) is 5.54 Å². The lowest BCUT2D eigenvalue weighted by atomic mass is 10.0. The number of hydrogen-bond donors (Lipinski definition) is 2. The first-order valence-electron chi connectivity index (χ1n) is 3.56. The maximum atomic E-state index is 10.2. The number of hydrogen-bond acceptors (Lipinski definition) is 3. The molecule has 0 aromatic rings. The molecule has 3 heteroatoms. The highest BCUT2D eigenvalue weighted by molar-refractivity contribution is 5.62. The molecule has 11 heavy (non-hydrogen) atoms. The van der Waals surface area contributed by atoms with Crippen LogP contribution in [-0.2, 0) is 4.79 Å². The third-order valence-corrected chi connectivity index (χ3v) is 1.27. The fraction of sp³-hybridized carbons (Fsp3) is 0.625. The molecule has 0 aromatic heterocycles. The van der Waals surface area contributed by atoms with E-state index in [1.807, 2.05) is 13.8 Å². The molecule has 3 nitrogen and oxygen atoms in total. The molecule has 0 amide bonds. The predicted molar refractivity (Wildman–Crippen MR) is 46.1 cm³/mol. The van der Waals surface area contributed by atoms with Crippen LogP contribution in [-0.4, -0.2) is 17.9 Å². The Kier molecular flexibility index (Phi) is 3.42. The summed E-state index contributed by atoms with van der Waals surface area (Å²) in [4.78, 5) is 10.2. The predicted octanol–water partition coefficient (Wildman–Crippen LogP) is 0.196. The molecule has 0 heterocycles. The Morgan fingerprint density at radius 3 is 2.27 bits per heavy atom. The van der Waals surface area contributed by atoms with Crippen LogP contribution in [0, 0.1) is 0 Å². The summed E-state index contributed by atoms with van der Waals surface area (Å²) >= 11 is 0. The molecule has 1 atom stereocenters. The molecule has 0 aliphatic rings. The molecule has 0 radical (unpaired) electrons. The van der Waals surface area contributed by atoms with Gasteiger partial charge in [-0.15, -0.1) is 0 Å². The number of aldehydes is 1. The number of rotatable bonds is 3. The van der Waals surface area contributed by atoms with E-state index in [1.54, 1.807) is 13.0 Å². The highest BCUT2D eigenvalue weighted by atomic mass is 16.1. The monoisotopic (exact) mass is 156 g/mol. The third kappa shape index (κ3) is 4.70. The molecule has 64 valence electrons. The average Bonchev–Trinajstić information content (AvgIpc) is 1.82. The maximum absolute atomic E-state index is 10.2. The lowest BCUT2D eigenvalue weighted by Crippen LogP contribution is -2.32. The van der Waals surface area contributed by atoms with Crippen LogP contribution in [0.25, 0.3) is 0 Å². The van der Waals surface area contributed by atoms with Crippen LogP contribution >= 0.6 is 0 Å². The highest BCUT2D eigenvalue weighted by Crippen LogP contribution is 2.05. The van der Waals surface area contributed by atoms with Gasteiger partial charge in [0.1, 0.15) is 6.29 Å². The van der Waals surface area contributed by atoms with Crippen LogP contribution in [0.3, 0.4) is 0 Å². The van der Waals surface area contributed by atoms with E-state index in [4.69, 9.17) is 11.5 Å². The highest BCUT2D eigenvalue weighted by Gasteiger charge is 2.09. The molecule has 0 aliphatic carbocycles. The number of carbonyl (C=O) groups excluding carboxylic acids is 1. The lowest BCUT2D eigenvalue weighted by Gasteiger charge is -2.15. The van der Waals surface area contributed by atoms with Gasteiger partial charge in [0.15, 0.2) is 0 Å². The summed E-state index contributed by atoms with van der Waals surface area (Å²) in [5.74, 6) is 0. The van der Waals surface area contributed by atoms with E-state index in [1.165, 1.54) is 0 Å². The Morgan fingerprint density at radius 1 is 1.55 bits per heavy atom. The lowest BCUT2D eigenvalue weighted by molar-refractivity contribution is -0.108. The van der Waals surface area contributed by atoms with Crippen LogP contribution in [0.1, 0.15) is 20.8 Å². The zero-order valence-corrected chi connectivity index (χ0v) is 7.29. The molecule has 0 saturated heterocycles. The normalized spacial score (nSPS) is 16.3. The second-order valence-corrected chi connectivity index (χ2v) is 3.37. The topological polar surface area (TPSA) is 69.1 Å². The van der Waals surface area contributed by atoms with Gasteiger partial charge in [0.25, 0.3) is 0 Å². The van der Waals surface area contributed by atoms with Crippen molar-refractivity contribution in [2.45, 2.75) is 32.4 Å². The number of carbonyl (C=O) groups is 1. The second kappa shape index (κ2) is 3.64. The van der Waals surface area contributed by atoms with Crippen molar-refractivity contribution in [2.75, 3.05) is 0 Å². The Balaban J connectivity index is 4.33. The minimum Gasteiger partial charge on any atom is -0.322 e. The maximum Gasteiger partial charge on any atom is 0.140 e. The smallest absolute Gasteiger partial charge is 0.140 e. The largest absolute Gasteiger partial charge is 0.322 e. The molecule has 0 saturated carbocycles. The van der Waals surface area contributed by atoms with Crippen molar-refractivity contribution in [1.82, 2.24) is 0 Å². The van der Waals surface area contributed by atoms with E-state index in [0.717, 1.165) is 5.57 Å². The van der Waals surface area contributed by atoms with E-state index in [-0.39, 0.29) is 0 Å². The fourth-order valence-electron chi connectivity index (χ4n) is 0.790. The Bertz CT molecular complexity index is 167. The first-order valence-corrected chi connectivity index (χ1v) is 3.56. The van der Waals surface area contributed by atoms with Crippen LogP contribution in [0.2, 0.25) is 0 Å². The van der Waals surface area contributed by atoms with E-state index >= 15 is 0 Å². The van der Waals surface area contributed by atoms with Crippen molar-refractivity contribution in [3.8, 4) is 0 Å². The van der Waals surface area contributed by atoms with Gasteiger partial charge < -0.3 is 16.3 Å². The van der Waals surface area contributed by atoms with E-state index < -0.39 is 11.6 Å². The third-order valence-electron chi connectivity index (χ3n) is 1.27. The molecular formula is C8H16N2O. The van der Waals surface area contributed by atoms with E-state index in [9.17, 15) is 4.79 Å². The van der Waals surface area contributed by atoms with Crippen molar-refractivity contribution >= 4 is 6.29 Å². The van der Waals surface area contributed by atoms with Crippen molar-refractivity contribution in [3.63, 3.8) is 0 Å². The average molecular weight is 156 g/mol. The molecule has 0 fully saturated rings. The number of nitrogens with two attached hydrogens (primary N) is 2. The van der Waals surface area contributed by atoms with Gasteiger partial charge in [0.2, 0.25) is 0 Å². The van der Waals surface area contributed by atoms with Crippen LogP contribution in [0.5, 0.6) is 0 Å². The Labute approximate surface area is 67.4 Å². The van der Waals surface area contributed by atoms with Gasteiger partial charge >= 0.3 is 0 Å². The van der Waals surface area contributed by atoms with Crippen molar-refractivity contribution in [3.05, 3.63) is 11.6 Å². The second-order valence-electron chi connectivity index (χ2n) is 3.37. The summed E-state index contributed by atoms with van der Waals surface area (Å²) in [7, 11) is 0. The first kappa shape index (κ1) is 10.3. The summed E-state index contributed by atoms with van der Waals surface area (Å²) in [6.07, 6.45) is 2.50. The molecule has 0 rings (SSSR count). The van der Waals surface area contributed by atoms with Crippen molar-refractivity contribution in [2.24, 2.45) is 11.5 Å². The summed E-state index contributed by atoms with van der Waals surface area (Å²) < 4.78 is 0. The summed E-state index contributed by atoms with van der Waals surface area (Å²) in [5, 5.41) is 0. The fourth-order valence-corrected chi connectivity index (χ4v) is 0.790. The van der Waals surface area contributed by atoms with Crippen LogP contribution in [0.4, 0.5) is 0 Å². The first-order chi connectivity index (χ1) is 4.87. The quantitative estimate of drug-likeness (QED) is 0.453. The minimum atomic E-state index is -0.516. The van der Waals surface area contributed by atoms with Gasteiger partial charge in [0.05, 0.1) is 6.04 Å².